The third kappa shape index (κ3) is 3.69. The molecule has 0 amide bonds. The van der Waals surface area contributed by atoms with E-state index in [1.807, 2.05) is 13.8 Å². The van der Waals surface area contributed by atoms with Crippen LogP contribution in [0.1, 0.15) is 39.5 Å². The van der Waals surface area contributed by atoms with Gasteiger partial charge >= 0.3 is 0 Å². The number of hydrogen-bond acceptors (Lipinski definition) is 3. The van der Waals surface area contributed by atoms with Crippen molar-refractivity contribution in [3.8, 4) is 0 Å². The Labute approximate surface area is 84.1 Å². The lowest BCUT2D eigenvalue weighted by Crippen LogP contribution is -2.23. The minimum Gasteiger partial charge on any atom is -0.392 e. The fourth-order valence-electron chi connectivity index (χ4n) is 1.52. The van der Waals surface area contributed by atoms with Gasteiger partial charge in [-0.25, -0.2) is 0 Å². The second-order valence-corrected chi connectivity index (χ2v) is 5.52. The lowest BCUT2D eigenvalue weighted by molar-refractivity contribution is -0.120. The molecule has 3 unspecified atom stereocenters. The molecule has 1 aliphatic rings. The van der Waals surface area contributed by atoms with Crippen LogP contribution in [0.25, 0.3) is 0 Å². The number of thioether (sulfide) groups is 1. The van der Waals surface area contributed by atoms with Gasteiger partial charge in [0, 0.05) is 23.3 Å². The number of aliphatic hydroxyl groups is 1. The van der Waals surface area contributed by atoms with E-state index in [1.165, 1.54) is 0 Å². The Kier molecular flexibility index (Phi) is 4.26. The normalized spacial score (nSPS) is 28.5. The summed E-state index contributed by atoms with van der Waals surface area (Å²) in [5.41, 5.74) is 0. The summed E-state index contributed by atoms with van der Waals surface area (Å²) in [6.45, 7) is 3.83. The van der Waals surface area contributed by atoms with Gasteiger partial charge in [0.2, 0.25) is 0 Å². The average Bonchev–Trinajstić information content (AvgIpc) is 2.04. The highest BCUT2D eigenvalue weighted by Gasteiger charge is 2.23. The number of hydrogen-bond donors (Lipinski definition) is 1. The molecule has 76 valence electrons. The number of Topliss-reactive ketones (excluding diaryl/α,β-unsaturated/α-hetero) is 1. The third-order valence-corrected chi connectivity index (χ3v) is 4.13. The first-order valence-corrected chi connectivity index (χ1v) is 5.89. The van der Waals surface area contributed by atoms with Crippen molar-refractivity contribution in [1.29, 1.82) is 0 Å². The van der Waals surface area contributed by atoms with Crippen molar-refractivity contribution in [2.45, 2.75) is 56.1 Å². The smallest absolute Gasteiger partial charge is 0.134 e. The van der Waals surface area contributed by atoms with Crippen LogP contribution < -0.4 is 0 Å². The van der Waals surface area contributed by atoms with Gasteiger partial charge < -0.3 is 5.11 Å². The first kappa shape index (κ1) is 11.1. The molecule has 1 saturated carbocycles. The van der Waals surface area contributed by atoms with E-state index in [2.05, 4.69) is 0 Å². The highest BCUT2D eigenvalue weighted by atomic mass is 32.2. The molecular weight excluding hydrogens is 184 g/mol. The number of carbonyl (C=O) groups excluding carboxylic acids is 1. The third-order valence-electron chi connectivity index (χ3n) is 2.52. The highest BCUT2D eigenvalue weighted by molar-refractivity contribution is 8.00. The molecule has 1 N–H and O–H groups in total. The van der Waals surface area contributed by atoms with Crippen LogP contribution in [-0.4, -0.2) is 27.5 Å². The maximum atomic E-state index is 11.1. The molecule has 0 saturated heterocycles. The molecule has 0 bridgehead atoms. The molecule has 0 heterocycles. The standard InChI is InChI=1S/C10H18O2S/c1-7(11)8(2)13-10-5-3-4-9(12)6-10/h7-8,10-11H,3-6H2,1-2H3. The summed E-state index contributed by atoms with van der Waals surface area (Å²) >= 11 is 1.76. The Morgan fingerprint density at radius 2 is 2.23 bits per heavy atom. The van der Waals surface area contributed by atoms with Gasteiger partial charge in [0.05, 0.1) is 6.10 Å². The number of carbonyl (C=O) groups is 1. The zero-order valence-corrected chi connectivity index (χ0v) is 9.14. The van der Waals surface area contributed by atoms with Crippen molar-refractivity contribution in [1.82, 2.24) is 0 Å². The van der Waals surface area contributed by atoms with Crippen molar-refractivity contribution in [3.05, 3.63) is 0 Å². The predicted octanol–water partition coefficient (Wildman–Crippen LogP) is 2.00. The number of ketones is 1. The second kappa shape index (κ2) is 5.01. The van der Waals surface area contributed by atoms with E-state index in [0.29, 0.717) is 17.5 Å². The Morgan fingerprint density at radius 3 is 2.77 bits per heavy atom. The Hall–Kier alpha value is -0.0200. The van der Waals surface area contributed by atoms with Gasteiger partial charge in [0.15, 0.2) is 0 Å². The van der Waals surface area contributed by atoms with E-state index in [1.54, 1.807) is 11.8 Å². The van der Waals surface area contributed by atoms with E-state index < -0.39 is 0 Å². The lowest BCUT2D eigenvalue weighted by atomic mass is 9.99. The zero-order valence-electron chi connectivity index (χ0n) is 8.32. The summed E-state index contributed by atoms with van der Waals surface area (Å²) in [5, 5.41) is 10.0. The number of rotatable bonds is 3. The van der Waals surface area contributed by atoms with Gasteiger partial charge in [0.25, 0.3) is 0 Å². The van der Waals surface area contributed by atoms with Crippen molar-refractivity contribution >= 4 is 17.5 Å². The minimum atomic E-state index is -0.276. The van der Waals surface area contributed by atoms with E-state index in [9.17, 15) is 9.90 Å². The average molecular weight is 202 g/mol. The fourth-order valence-corrected chi connectivity index (χ4v) is 2.94. The molecule has 13 heavy (non-hydrogen) atoms. The van der Waals surface area contributed by atoms with Crippen LogP contribution in [0.2, 0.25) is 0 Å². The largest absolute Gasteiger partial charge is 0.392 e. The highest BCUT2D eigenvalue weighted by Crippen LogP contribution is 2.30. The SMILES string of the molecule is CC(O)C(C)SC1CCCC(=O)C1. The van der Waals surface area contributed by atoms with E-state index in [-0.39, 0.29) is 11.4 Å². The monoisotopic (exact) mass is 202 g/mol. The molecule has 0 radical (unpaired) electrons. The summed E-state index contributed by atoms with van der Waals surface area (Å²) in [6, 6.07) is 0. The van der Waals surface area contributed by atoms with Crippen LogP contribution in [0.4, 0.5) is 0 Å². The maximum Gasteiger partial charge on any atom is 0.134 e. The van der Waals surface area contributed by atoms with Crippen LogP contribution in [0, 0.1) is 0 Å². The minimum absolute atomic E-state index is 0.246. The van der Waals surface area contributed by atoms with Crippen LogP contribution >= 0.6 is 11.8 Å². The quantitative estimate of drug-likeness (QED) is 0.760. The van der Waals surface area contributed by atoms with Gasteiger partial charge in [-0.1, -0.05) is 6.92 Å². The van der Waals surface area contributed by atoms with E-state index in [4.69, 9.17) is 0 Å². The van der Waals surface area contributed by atoms with Gasteiger partial charge in [-0.15, -0.1) is 0 Å². The van der Waals surface area contributed by atoms with Crippen LogP contribution in [-0.2, 0) is 4.79 Å². The van der Waals surface area contributed by atoms with Crippen molar-refractivity contribution in [2.75, 3.05) is 0 Å². The van der Waals surface area contributed by atoms with E-state index in [0.717, 1.165) is 19.3 Å². The van der Waals surface area contributed by atoms with Crippen LogP contribution in [0.15, 0.2) is 0 Å². The molecule has 3 heteroatoms. The molecule has 2 nitrogen and oxygen atoms in total. The molecule has 0 aromatic rings. The molecule has 1 aliphatic carbocycles. The Balaban J connectivity index is 2.31. The van der Waals surface area contributed by atoms with Gasteiger partial charge in [-0.05, 0) is 19.8 Å². The molecule has 0 spiro atoms. The summed E-state index contributed by atoms with van der Waals surface area (Å²) in [5.74, 6) is 0.390. The van der Waals surface area contributed by atoms with Crippen LogP contribution in [0.5, 0.6) is 0 Å². The van der Waals surface area contributed by atoms with Gasteiger partial charge in [-0.3, -0.25) is 4.79 Å². The summed E-state index contributed by atoms with van der Waals surface area (Å²) in [6.07, 6.45) is 3.36. The molecular formula is C10H18O2S. The Bertz CT molecular complexity index is 180. The predicted molar refractivity (Wildman–Crippen MR) is 56.0 cm³/mol. The number of aliphatic hydroxyl groups excluding tert-OH is 1. The topological polar surface area (TPSA) is 37.3 Å². The summed E-state index contributed by atoms with van der Waals surface area (Å²) < 4.78 is 0. The van der Waals surface area contributed by atoms with E-state index >= 15 is 0 Å². The molecule has 3 atom stereocenters. The molecule has 0 aromatic heterocycles. The summed E-state index contributed by atoms with van der Waals surface area (Å²) in [4.78, 5) is 11.1. The zero-order chi connectivity index (χ0) is 9.84. The van der Waals surface area contributed by atoms with Crippen molar-refractivity contribution in [3.63, 3.8) is 0 Å². The van der Waals surface area contributed by atoms with Gasteiger partial charge in [0.1, 0.15) is 5.78 Å². The summed E-state index contributed by atoms with van der Waals surface area (Å²) in [7, 11) is 0. The van der Waals surface area contributed by atoms with Crippen molar-refractivity contribution in [2.24, 2.45) is 0 Å². The first-order chi connectivity index (χ1) is 6.09. The molecule has 1 rings (SSSR count). The Morgan fingerprint density at radius 1 is 1.54 bits per heavy atom. The molecule has 1 fully saturated rings. The molecule has 0 aliphatic heterocycles. The van der Waals surface area contributed by atoms with Gasteiger partial charge in [-0.2, -0.15) is 11.8 Å². The fraction of sp³-hybridized carbons (Fsp3) is 0.900. The lowest BCUT2D eigenvalue weighted by Gasteiger charge is -2.24. The maximum absolute atomic E-state index is 11.1. The van der Waals surface area contributed by atoms with Crippen molar-refractivity contribution < 1.29 is 9.90 Å². The van der Waals surface area contributed by atoms with Crippen LogP contribution in [0.3, 0.4) is 0 Å². The second-order valence-electron chi connectivity index (χ2n) is 3.84. The molecule has 0 aromatic carbocycles. The first-order valence-electron chi connectivity index (χ1n) is 4.95.